The van der Waals surface area contributed by atoms with Crippen LogP contribution >= 0.6 is 0 Å². The number of guanidine groups is 1. The van der Waals surface area contributed by atoms with Crippen LogP contribution in [-0.4, -0.2) is 44.2 Å². The summed E-state index contributed by atoms with van der Waals surface area (Å²) in [6.07, 6.45) is 2.18. The van der Waals surface area contributed by atoms with Gasteiger partial charge < -0.3 is 20.7 Å². The Bertz CT molecular complexity index is 563. The highest BCUT2D eigenvalue weighted by Gasteiger charge is 2.29. The fraction of sp³-hybridized carbons (Fsp3) is 0.556. The molecule has 2 rings (SSSR count). The Balaban J connectivity index is 1.81. The number of ether oxygens (including phenoxy) is 1. The molecule has 1 aromatic carbocycles. The first-order chi connectivity index (χ1) is 11.6. The summed E-state index contributed by atoms with van der Waals surface area (Å²) in [6, 6.07) is 7.58. The average molecular weight is 332 g/mol. The van der Waals surface area contributed by atoms with Gasteiger partial charge in [0.2, 0.25) is 0 Å². The summed E-state index contributed by atoms with van der Waals surface area (Å²) >= 11 is 0. The highest BCUT2D eigenvalue weighted by atomic mass is 16.5. The summed E-state index contributed by atoms with van der Waals surface area (Å²) in [5.41, 5.74) is 1.66. The van der Waals surface area contributed by atoms with Gasteiger partial charge in [0, 0.05) is 38.9 Å². The highest BCUT2D eigenvalue weighted by Crippen LogP contribution is 2.23. The van der Waals surface area contributed by atoms with Crippen LogP contribution in [0.25, 0.3) is 0 Å². The molecule has 1 saturated heterocycles. The van der Waals surface area contributed by atoms with Crippen LogP contribution in [0.3, 0.4) is 0 Å². The Morgan fingerprint density at radius 3 is 2.58 bits per heavy atom. The van der Waals surface area contributed by atoms with Crippen LogP contribution in [-0.2, 0) is 11.3 Å². The monoisotopic (exact) mass is 332 g/mol. The van der Waals surface area contributed by atoms with Crippen LogP contribution < -0.4 is 16.0 Å². The summed E-state index contributed by atoms with van der Waals surface area (Å²) in [4.78, 5) is 16.0. The number of hydrogen-bond donors (Lipinski definition) is 3. The van der Waals surface area contributed by atoms with E-state index in [0.717, 1.165) is 37.5 Å². The summed E-state index contributed by atoms with van der Waals surface area (Å²) in [5.74, 6) is 0.707. The molecule has 24 heavy (non-hydrogen) atoms. The number of amides is 1. The van der Waals surface area contributed by atoms with Crippen molar-refractivity contribution in [2.75, 3.05) is 26.7 Å². The van der Waals surface area contributed by atoms with E-state index < -0.39 is 0 Å². The highest BCUT2D eigenvalue weighted by molar-refractivity contribution is 5.94. The van der Waals surface area contributed by atoms with Gasteiger partial charge in [-0.2, -0.15) is 0 Å². The van der Waals surface area contributed by atoms with Gasteiger partial charge in [-0.3, -0.25) is 9.79 Å². The largest absolute Gasteiger partial charge is 0.373 e. The fourth-order valence-corrected chi connectivity index (χ4v) is 2.69. The van der Waals surface area contributed by atoms with Crippen molar-refractivity contribution in [3.8, 4) is 0 Å². The van der Waals surface area contributed by atoms with Crippen molar-refractivity contribution in [3.05, 3.63) is 35.4 Å². The van der Waals surface area contributed by atoms with Gasteiger partial charge in [-0.05, 0) is 44.4 Å². The van der Waals surface area contributed by atoms with Crippen molar-refractivity contribution in [3.63, 3.8) is 0 Å². The van der Waals surface area contributed by atoms with Gasteiger partial charge in [0.25, 0.3) is 5.91 Å². The number of nitrogens with zero attached hydrogens (tertiary/aromatic N) is 1. The molecule has 0 spiro atoms. The number of aliphatic imine (C=N–C) groups is 1. The zero-order valence-corrected chi connectivity index (χ0v) is 14.8. The summed E-state index contributed by atoms with van der Waals surface area (Å²) in [5, 5.41) is 9.39. The van der Waals surface area contributed by atoms with Crippen molar-refractivity contribution in [1.29, 1.82) is 0 Å². The summed E-state index contributed by atoms with van der Waals surface area (Å²) in [7, 11) is 1.76. The van der Waals surface area contributed by atoms with Gasteiger partial charge in [0.1, 0.15) is 0 Å². The van der Waals surface area contributed by atoms with Crippen LogP contribution in [0.1, 0.15) is 42.6 Å². The van der Waals surface area contributed by atoms with E-state index in [4.69, 9.17) is 4.74 Å². The van der Waals surface area contributed by atoms with Gasteiger partial charge in [-0.25, -0.2) is 0 Å². The number of hydrogen-bond acceptors (Lipinski definition) is 3. The molecule has 1 amide bonds. The molecule has 1 heterocycles. The normalized spacial score (nSPS) is 20.7. The van der Waals surface area contributed by atoms with Gasteiger partial charge in [0.05, 0.1) is 5.60 Å². The molecule has 132 valence electrons. The maximum atomic E-state index is 11.7. The van der Waals surface area contributed by atoms with E-state index >= 15 is 0 Å². The van der Waals surface area contributed by atoms with Gasteiger partial charge in [-0.1, -0.05) is 12.1 Å². The van der Waals surface area contributed by atoms with Crippen LogP contribution in [0.5, 0.6) is 0 Å². The van der Waals surface area contributed by atoms with E-state index in [-0.39, 0.29) is 11.5 Å². The molecule has 1 aliphatic heterocycles. The molecule has 0 saturated carbocycles. The maximum absolute atomic E-state index is 11.7. The lowest BCUT2D eigenvalue weighted by Gasteiger charge is -2.24. The predicted octanol–water partition coefficient (Wildman–Crippen LogP) is 1.67. The smallest absolute Gasteiger partial charge is 0.251 e. The lowest BCUT2D eigenvalue weighted by Crippen LogP contribution is -2.45. The first kappa shape index (κ1) is 18.3. The SMILES string of the molecule is CCNC(=O)c1ccc(CNC(=NC)NCC2(C)CCCO2)cc1. The third-order valence-electron chi connectivity index (χ3n) is 4.17. The van der Waals surface area contributed by atoms with Crippen molar-refractivity contribution < 1.29 is 9.53 Å². The second-order valence-electron chi connectivity index (χ2n) is 6.24. The minimum atomic E-state index is -0.105. The number of nitrogens with one attached hydrogen (secondary N) is 3. The topological polar surface area (TPSA) is 74.8 Å². The van der Waals surface area contributed by atoms with E-state index in [1.807, 2.05) is 31.2 Å². The van der Waals surface area contributed by atoms with Crippen molar-refractivity contribution in [2.45, 2.75) is 38.8 Å². The molecule has 3 N–H and O–H groups in total. The third-order valence-corrected chi connectivity index (χ3v) is 4.17. The summed E-state index contributed by atoms with van der Waals surface area (Å²) < 4.78 is 5.77. The Hall–Kier alpha value is -2.08. The molecule has 1 fully saturated rings. The number of rotatable bonds is 6. The number of benzene rings is 1. The van der Waals surface area contributed by atoms with E-state index in [1.165, 1.54) is 0 Å². The van der Waals surface area contributed by atoms with E-state index in [9.17, 15) is 4.79 Å². The van der Waals surface area contributed by atoms with Crippen LogP contribution in [0.2, 0.25) is 0 Å². The standard InChI is InChI=1S/C18H28N4O2/c1-4-20-16(23)15-8-6-14(7-9-15)12-21-17(19-3)22-13-18(2)10-5-11-24-18/h6-9H,4-5,10-13H2,1-3H3,(H,20,23)(H2,19,21,22). The lowest BCUT2D eigenvalue weighted by molar-refractivity contribution is 0.0243. The minimum absolute atomic E-state index is 0.0423. The zero-order valence-electron chi connectivity index (χ0n) is 14.8. The number of carbonyl (C=O) groups excluding carboxylic acids is 1. The lowest BCUT2D eigenvalue weighted by atomic mass is 10.0. The third kappa shape index (κ3) is 5.23. The molecule has 1 aliphatic rings. The van der Waals surface area contributed by atoms with Crippen molar-refractivity contribution >= 4 is 11.9 Å². The molecular formula is C18H28N4O2. The zero-order chi connectivity index (χ0) is 17.4. The molecule has 1 unspecified atom stereocenters. The average Bonchev–Trinajstić information content (AvgIpc) is 3.02. The van der Waals surface area contributed by atoms with Gasteiger partial charge in [0.15, 0.2) is 5.96 Å². The molecule has 1 aromatic rings. The fourth-order valence-electron chi connectivity index (χ4n) is 2.69. The Morgan fingerprint density at radius 2 is 2.00 bits per heavy atom. The Labute approximate surface area is 144 Å². The first-order valence-corrected chi connectivity index (χ1v) is 8.52. The quantitative estimate of drug-likeness (QED) is 0.547. The maximum Gasteiger partial charge on any atom is 0.251 e. The van der Waals surface area contributed by atoms with Crippen LogP contribution in [0.4, 0.5) is 0 Å². The molecule has 0 aliphatic carbocycles. The van der Waals surface area contributed by atoms with E-state index in [1.54, 1.807) is 7.05 Å². The van der Waals surface area contributed by atoms with Gasteiger partial charge >= 0.3 is 0 Å². The van der Waals surface area contributed by atoms with Gasteiger partial charge in [-0.15, -0.1) is 0 Å². The van der Waals surface area contributed by atoms with Crippen molar-refractivity contribution in [2.24, 2.45) is 4.99 Å². The van der Waals surface area contributed by atoms with Crippen molar-refractivity contribution in [1.82, 2.24) is 16.0 Å². The first-order valence-electron chi connectivity index (χ1n) is 8.52. The molecule has 6 heteroatoms. The van der Waals surface area contributed by atoms with Crippen LogP contribution in [0, 0.1) is 0 Å². The van der Waals surface area contributed by atoms with E-state index in [2.05, 4.69) is 27.9 Å². The molecule has 6 nitrogen and oxygen atoms in total. The molecule has 1 atom stereocenters. The molecular weight excluding hydrogens is 304 g/mol. The molecule has 0 radical (unpaired) electrons. The minimum Gasteiger partial charge on any atom is -0.373 e. The number of carbonyl (C=O) groups is 1. The van der Waals surface area contributed by atoms with E-state index in [0.29, 0.717) is 18.7 Å². The summed E-state index contributed by atoms with van der Waals surface area (Å²) in [6.45, 7) is 6.89. The molecule has 0 bridgehead atoms. The molecule has 0 aromatic heterocycles. The Kier molecular flexibility index (Phi) is 6.61. The van der Waals surface area contributed by atoms with Crippen LogP contribution in [0.15, 0.2) is 29.3 Å². The second-order valence-corrected chi connectivity index (χ2v) is 6.24. The Morgan fingerprint density at radius 1 is 1.25 bits per heavy atom. The predicted molar refractivity (Wildman–Crippen MR) is 96.2 cm³/mol. The second kappa shape index (κ2) is 8.68.